The van der Waals surface area contributed by atoms with E-state index in [2.05, 4.69) is 0 Å². The Hall–Kier alpha value is -1.36. The van der Waals surface area contributed by atoms with Crippen LogP contribution in [0.15, 0.2) is 11.3 Å². The number of aliphatic hydroxyl groups excluding tert-OH is 1. The third-order valence-corrected chi connectivity index (χ3v) is 8.17. The monoisotopic (exact) mass is 387 g/mol. The molecule has 5 heteroatoms. The highest BCUT2D eigenvalue weighted by atomic mass is 16.5. The van der Waals surface area contributed by atoms with Crippen LogP contribution < -0.4 is 0 Å². The highest BCUT2D eigenvalue weighted by Gasteiger charge is 2.63. The molecule has 6 rings (SSSR count). The minimum atomic E-state index is -0.986. The lowest BCUT2D eigenvalue weighted by Crippen LogP contribution is -2.50. The van der Waals surface area contributed by atoms with Gasteiger partial charge in [-0.05, 0) is 68.6 Å². The van der Waals surface area contributed by atoms with Crippen molar-refractivity contribution < 1.29 is 19.4 Å². The van der Waals surface area contributed by atoms with Crippen LogP contribution in [0.2, 0.25) is 0 Å². The van der Waals surface area contributed by atoms with E-state index in [1.807, 2.05) is 20.8 Å². The summed E-state index contributed by atoms with van der Waals surface area (Å²) < 4.78 is 5.87. The van der Waals surface area contributed by atoms with Crippen LogP contribution in [0.3, 0.4) is 0 Å². The maximum absolute atomic E-state index is 13.3. The van der Waals surface area contributed by atoms with Gasteiger partial charge in [0.2, 0.25) is 0 Å². The molecule has 0 radical (unpaired) electrons. The summed E-state index contributed by atoms with van der Waals surface area (Å²) in [5.74, 6) is 1.77. The molecule has 4 aliphatic carbocycles. The average Bonchev–Trinajstić information content (AvgIpc) is 2.99. The summed E-state index contributed by atoms with van der Waals surface area (Å²) in [5.41, 5.74) is -1.14. The van der Waals surface area contributed by atoms with E-state index in [9.17, 15) is 14.7 Å². The van der Waals surface area contributed by atoms with Crippen LogP contribution in [0, 0.1) is 28.6 Å². The molecular weight excluding hydrogens is 354 g/mol. The number of carbonyl (C=O) groups excluding carboxylic acids is 2. The van der Waals surface area contributed by atoms with E-state index >= 15 is 0 Å². The molecule has 4 bridgehead atoms. The summed E-state index contributed by atoms with van der Waals surface area (Å²) in [5, 5.41) is 11.1. The molecule has 0 aromatic heterocycles. The molecule has 0 unspecified atom stereocenters. The fourth-order valence-corrected chi connectivity index (χ4v) is 7.48. The van der Waals surface area contributed by atoms with E-state index in [1.165, 1.54) is 19.3 Å². The molecule has 4 saturated carbocycles. The zero-order chi connectivity index (χ0) is 20.1. The third-order valence-electron chi connectivity index (χ3n) is 8.17. The Bertz CT molecular complexity index is 741. The Kier molecular flexibility index (Phi) is 3.74. The SMILES string of the molecule is CC(C)(C)[C@@H]1OC[C@@]2(C)C(=O)/C(=C(/O)CC34CC5CC(CC(C5)C3)C4)C(=O)N12. The quantitative estimate of drug-likeness (QED) is 0.442. The number of ether oxygens (including phenoxy) is 1. The Morgan fingerprint density at radius 1 is 1.11 bits per heavy atom. The normalized spacial score (nSPS) is 46.5. The van der Waals surface area contributed by atoms with Crippen LogP contribution in [0.5, 0.6) is 0 Å². The van der Waals surface area contributed by atoms with Crippen molar-refractivity contribution in [1.82, 2.24) is 4.90 Å². The third kappa shape index (κ3) is 2.47. The molecule has 1 N–H and O–H groups in total. The maximum Gasteiger partial charge on any atom is 0.263 e. The van der Waals surface area contributed by atoms with Gasteiger partial charge in [0.15, 0.2) is 5.78 Å². The summed E-state index contributed by atoms with van der Waals surface area (Å²) in [4.78, 5) is 28.2. The second-order valence-corrected chi connectivity index (χ2v) is 11.7. The number of rotatable bonds is 2. The van der Waals surface area contributed by atoms with Gasteiger partial charge in [0, 0.05) is 11.8 Å². The van der Waals surface area contributed by atoms with Crippen LogP contribution >= 0.6 is 0 Å². The molecule has 2 aliphatic heterocycles. The number of hydrogen-bond acceptors (Lipinski definition) is 4. The molecule has 5 nitrogen and oxygen atoms in total. The van der Waals surface area contributed by atoms with Gasteiger partial charge >= 0.3 is 0 Å². The molecule has 28 heavy (non-hydrogen) atoms. The number of carbonyl (C=O) groups is 2. The number of allylic oxidation sites excluding steroid dienone is 1. The molecule has 1 amide bonds. The van der Waals surface area contributed by atoms with E-state index in [1.54, 1.807) is 11.8 Å². The van der Waals surface area contributed by atoms with Gasteiger partial charge < -0.3 is 9.84 Å². The van der Waals surface area contributed by atoms with Crippen LogP contribution in [0.1, 0.15) is 72.6 Å². The van der Waals surface area contributed by atoms with Gasteiger partial charge in [-0.2, -0.15) is 0 Å². The first-order valence-electron chi connectivity index (χ1n) is 10.9. The molecule has 0 aromatic rings. The topological polar surface area (TPSA) is 66.8 Å². The first-order chi connectivity index (χ1) is 13.0. The minimum absolute atomic E-state index is 0.0378. The molecule has 6 aliphatic rings. The van der Waals surface area contributed by atoms with E-state index in [0.29, 0.717) is 6.42 Å². The summed E-state index contributed by atoms with van der Waals surface area (Å²) >= 11 is 0. The van der Waals surface area contributed by atoms with E-state index in [4.69, 9.17) is 4.74 Å². The van der Waals surface area contributed by atoms with Gasteiger partial charge in [0.1, 0.15) is 23.1 Å². The Morgan fingerprint density at radius 2 is 1.64 bits per heavy atom. The first kappa shape index (κ1) is 18.7. The van der Waals surface area contributed by atoms with Crippen molar-refractivity contribution in [3.8, 4) is 0 Å². The number of aliphatic hydroxyl groups is 1. The highest BCUT2D eigenvalue weighted by molar-refractivity contribution is 6.28. The molecule has 154 valence electrons. The van der Waals surface area contributed by atoms with Crippen molar-refractivity contribution in [2.24, 2.45) is 28.6 Å². The smallest absolute Gasteiger partial charge is 0.263 e. The van der Waals surface area contributed by atoms with Crippen molar-refractivity contribution in [2.75, 3.05) is 6.61 Å². The van der Waals surface area contributed by atoms with E-state index in [-0.39, 0.29) is 40.5 Å². The molecule has 2 heterocycles. The second-order valence-electron chi connectivity index (χ2n) is 11.7. The summed E-state index contributed by atoms with van der Waals surface area (Å²) in [7, 11) is 0. The lowest BCUT2D eigenvalue weighted by Gasteiger charge is -2.57. The van der Waals surface area contributed by atoms with Crippen molar-refractivity contribution in [2.45, 2.75) is 84.4 Å². The van der Waals surface area contributed by atoms with Gasteiger partial charge in [-0.1, -0.05) is 20.8 Å². The van der Waals surface area contributed by atoms with Gasteiger partial charge in [0.25, 0.3) is 5.91 Å². The van der Waals surface area contributed by atoms with E-state index < -0.39 is 11.8 Å². The van der Waals surface area contributed by atoms with Gasteiger partial charge in [-0.3, -0.25) is 14.5 Å². The number of ketones is 1. The molecule has 2 saturated heterocycles. The van der Waals surface area contributed by atoms with Crippen LogP contribution in [-0.2, 0) is 14.3 Å². The standard InChI is InChI=1S/C23H33NO4/c1-21(2,3)20-24-19(27)17(18(26)22(24,4)12-28-20)16(25)11-23-8-13-5-14(9-23)7-15(6-13)10-23/h13-15,20,25H,5-12H2,1-4H3/b17-16-/t13?,14?,15?,20-,22-,23?/m0/s1. The van der Waals surface area contributed by atoms with Crippen molar-refractivity contribution in [3.05, 3.63) is 11.3 Å². The fraction of sp³-hybridized carbons (Fsp3) is 0.826. The Labute approximate surface area is 167 Å². The zero-order valence-corrected chi connectivity index (χ0v) is 17.6. The Balaban J connectivity index is 1.47. The molecule has 0 aromatic carbocycles. The van der Waals surface area contributed by atoms with Gasteiger partial charge in [0.05, 0.1) is 6.61 Å². The van der Waals surface area contributed by atoms with Crippen molar-refractivity contribution in [1.29, 1.82) is 0 Å². The molecular formula is C23H33NO4. The highest BCUT2D eigenvalue weighted by Crippen LogP contribution is 2.62. The number of hydrogen-bond donors (Lipinski definition) is 1. The number of fused-ring (bicyclic) bond motifs is 1. The summed E-state index contributed by atoms with van der Waals surface area (Å²) in [6, 6.07) is 0. The Morgan fingerprint density at radius 3 is 2.14 bits per heavy atom. The number of amides is 1. The van der Waals surface area contributed by atoms with Gasteiger partial charge in [-0.25, -0.2) is 0 Å². The van der Waals surface area contributed by atoms with E-state index in [0.717, 1.165) is 37.0 Å². The molecule has 2 atom stereocenters. The first-order valence-corrected chi connectivity index (χ1v) is 10.9. The largest absolute Gasteiger partial charge is 0.511 e. The molecule has 0 spiro atoms. The maximum atomic E-state index is 13.3. The average molecular weight is 388 g/mol. The van der Waals surface area contributed by atoms with Crippen LogP contribution in [0.25, 0.3) is 0 Å². The number of nitrogens with zero attached hydrogens (tertiary/aromatic N) is 1. The zero-order valence-electron chi connectivity index (χ0n) is 17.6. The predicted molar refractivity (Wildman–Crippen MR) is 104 cm³/mol. The second kappa shape index (κ2) is 5.62. The predicted octanol–water partition coefficient (Wildman–Crippen LogP) is 3.98. The van der Waals surface area contributed by atoms with Crippen molar-refractivity contribution >= 4 is 11.7 Å². The van der Waals surface area contributed by atoms with Crippen LogP contribution in [0.4, 0.5) is 0 Å². The number of Topliss-reactive ketones (excluding diaryl/α,β-unsaturated/α-hetero) is 1. The van der Waals surface area contributed by atoms with Crippen molar-refractivity contribution in [3.63, 3.8) is 0 Å². The van der Waals surface area contributed by atoms with Crippen LogP contribution in [-0.4, -0.2) is 40.1 Å². The summed E-state index contributed by atoms with van der Waals surface area (Å²) in [6.45, 7) is 8.02. The fourth-order valence-electron chi connectivity index (χ4n) is 7.48. The summed E-state index contributed by atoms with van der Waals surface area (Å²) in [6.07, 6.45) is 7.50. The lowest BCUT2D eigenvalue weighted by molar-refractivity contribution is -0.139. The minimum Gasteiger partial charge on any atom is -0.511 e. The van der Waals surface area contributed by atoms with Gasteiger partial charge in [-0.15, -0.1) is 0 Å². The molecule has 6 fully saturated rings. The lowest BCUT2D eigenvalue weighted by atomic mass is 9.48.